The first kappa shape index (κ1) is 14.2. The van der Waals surface area contributed by atoms with Gasteiger partial charge in [-0.25, -0.2) is 0 Å². The van der Waals surface area contributed by atoms with Crippen LogP contribution in [-0.2, 0) is 4.43 Å². The highest BCUT2D eigenvalue weighted by molar-refractivity contribution is 6.71. The fourth-order valence-electron chi connectivity index (χ4n) is 2.67. The van der Waals surface area contributed by atoms with Gasteiger partial charge in [-0.1, -0.05) is 12.8 Å². The molecule has 3 nitrogen and oxygen atoms in total. The third kappa shape index (κ3) is 3.84. The van der Waals surface area contributed by atoms with Crippen LogP contribution in [0.3, 0.4) is 0 Å². The topological polar surface area (TPSA) is 61.3 Å². The Morgan fingerprint density at radius 1 is 1.38 bits per heavy atom. The average molecular weight is 244 g/mol. The van der Waals surface area contributed by atoms with Crippen LogP contribution >= 0.6 is 0 Å². The summed E-state index contributed by atoms with van der Waals surface area (Å²) < 4.78 is 6.34. The second-order valence-electron chi connectivity index (χ2n) is 5.92. The summed E-state index contributed by atoms with van der Waals surface area (Å²) in [5.74, 6) is 0. The molecule has 1 aliphatic heterocycles. The fraction of sp³-hybridized carbons (Fsp3) is 1.00. The molecule has 0 amide bonds. The van der Waals surface area contributed by atoms with Crippen molar-refractivity contribution in [2.24, 2.45) is 11.5 Å². The Hall–Kier alpha value is 0.0969. The number of unbranched alkanes of at least 4 members (excludes halogenated alkanes) is 1. The molecule has 4 N–H and O–H groups in total. The van der Waals surface area contributed by atoms with Crippen LogP contribution in [0.4, 0.5) is 0 Å². The molecular weight excluding hydrogens is 216 g/mol. The number of hydrogen-bond acceptors (Lipinski definition) is 3. The third-order valence-corrected chi connectivity index (χ3v) is 6.29. The number of hydrogen-bond donors (Lipinski definition) is 2. The van der Waals surface area contributed by atoms with Gasteiger partial charge in [0.15, 0.2) is 8.32 Å². The van der Waals surface area contributed by atoms with Crippen LogP contribution in [0.15, 0.2) is 0 Å². The predicted molar refractivity (Wildman–Crippen MR) is 71.9 cm³/mol. The lowest BCUT2D eigenvalue weighted by Gasteiger charge is -2.46. The second kappa shape index (κ2) is 5.62. The van der Waals surface area contributed by atoms with Crippen molar-refractivity contribution in [2.75, 3.05) is 6.54 Å². The van der Waals surface area contributed by atoms with E-state index in [2.05, 4.69) is 20.0 Å². The van der Waals surface area contributed by atoms with Gasteiger partial charge in [-0.3, -0.25) is 0 Å². The van der Waals surface area contributed by atoms with Crippen LogP contribution in [0.25, 0.3) is 0 Å². The molecule has 0 aliphatic carbocycles. The van der Waals surface area contributed by atoms with Crippen molar-refractivity contribution >= 4 is 8.32 Å². The highest BCUT2D eigenvalue weighted by Crippen LogP contribution is 2.36. The molecule has 1 saturated heterocycles. The van der Waals surface area contributed by atoms with E-state index >= 15 is 0 Å². The first-order chi connectivity index (χ1) is 7.40. The Labute approximate surface area is 101 Å². The Balaban J connectivity index is 2.48. The van der Waals surface area contributed by atoms with Gasteiger partial charge in [0, 0.05) is 6.04 Å². The maximum atomic E-state index is 6.34. The average Bonchev–Trinajstić information content (AvgIpc) is 2.16. The van der Waals surface area contributed by atoms with Crippen LogP contribution in [0.2, 0.25) is 19.1 Å². The molecule has 4 heteroatoms. The van der Waals surface area contributed by atoms with Crippen molar-refractivity contribution in [2.45, 2.75) is 69.8 Å². The van der Waals surface area contributed by atoms with E-state index in [1.807, 2.05) is 0 Å². The van der Waals surface area contributed by atoms with E-state index in [9.17, 15) is 0 Å². The molecular formula is C12H28N2OSi. The lowest BCUT2D eigenvalue weighted by Crippen LogP contribution is -2.56. The lowest BCUT2D eigenvalue weighted by atomic mass is 9.88. The molecule has 1 aliphatic rings. The van der Waals surface area contributed by atoms with Crippen molar-refractivity contribution < 1.29 is 4.43 Å². The van der Waals surface area contributed by atoms with Gasteiger partial charge in [0.25, 0.3) is 0 Å². The maximum absolute atomic E-state index is 6.34. The molecule has 0 aromatic heterocycles. The van der Waals surface area contributed by atoms with E-state index in [0.29, 0.717) is 0 Å². The molecule has 16 heavy (non-hydrogen) atoms. The van der Waals surface area contributed by atoms with Gasteiger partial charge in [0.2, 0.25) is 0 Å². The SMILES string of the molecule is CC1(C(N)CCCCN)CCC[Si](C)(C)O1. The van der Waals surface area contributed by atoms with Crippen molar-refractivity contribution in [1.82, 2.24) is 0 Å². The van der Waals surface area contributed by atoms with E-state index < -0.39 is 8.32 Å². The standard InChI is InChI=1S/C12H28N2OSi/c1-12(11(14)7-4-5-9-13)8-6-10-16(2,3)15-12/h11H,4-10,13-14H2,1-3H3. The van der Waals surface area contributed by atoms with Gasteiger partial charge in [-0.15, -0.1) is 0 Å². The van der Waals surface area contributed by atoms with E-state index in [0.717, 1.165) is 32.2 Å². The first-order valence-electron chi connectivity index (χ1n) is 6.55. The zero-order chi connectivity index (χ0) is 12.2. The maximum Gasteiger partial charge on any atom is 0.187 e. The molecule has 0 aromatic carbocycles. The van der Waals surface area contributed by atoms with E-state index in [1.54, 1.807) is 0 Å². The molecule has 0 spiro atoms. The normalized spacial score (nSPS) is 31.3. The second-order valence-corrected chi connectivity index (χ2v) is 10.1. The van der Waals surface area contributed by atoms with Crippen molar-refractivity contribution in [1.29, 1.82) is 0 Å². The van der Waals surface area contributed by atoms with Gasteiger partial charge >= 0.3 is 0 Å². The van der Waals surface area contributed by atoms with Gasteiger partial charge in [0.1, 0.15) is 0 Å². The summed E-state index contributed by atoms with van der Waals surface area (Å²) >= 11 is 0. The number of nitrogens with two attached hydrogens (primary N) is 2. The summed E-state index contributed by atoms with van der Waals surface area (Å²) in [6.45, 7) is 7.58. The van der Waals surface area contributed by atoms with Crippen molar-refractivity contribution in [3.63, 3.8) is 0 Å². The molecule has 0 radical (unpaired) electrons. The molecule has 96 valence electrons. The molecule has 0 aromatic rings. The third-order valence-electron chi connectivity index (χ3n) is 3.72. The smallest absolute Gasteiger partial charge is 0.187 e. The quantitative estimate of drug-likeness (QED) is 0.576. The van der Waals surface area contributed by atoms with Gasteiger partial charge in [0.05, 0.1) is 5.60 Å². The zero-order valence-electron chi connectivity index (χ0n) is 11.1. The van der Waals surface area contributed by atoms with Crippen molar-refractivity contribution in [3.05, 3.63) is 0 Å². The van der Waals surface area contributed by atoms with Gasteiger partial charge < -0.3 is 15.9 Å². The van der Waals surface area contributed by atoms with E-state index in [4.69, 9.17) is 15.9 Å². The Morgan fingerprint density at radius 3 is 2.62 bits per heavy atom. The Bertz CT molecular complexity index is 223. The minimum absolute atomic E-state index is 0.0808. The molecule has 0 bridgehead atoms. The molecule has 1 fully saturated rings. The Kier molecular flexibility index (Phi) is 4.98. The summed E-state index contributed by atoms with van der Waals surface area (Å²) in [4.78, 5) is 0. The first-order valence-corrected chi connectivity index (χ1v) is 9.67. The van der Waals surface area contributed by atoms with Crippen LogP contribution in [0, 0.1) is 0 Å². The summed E-state index contributed by atoms with van der Waals surface area (Å²) in [5.41, 5.74) is 11.7. The zero-order valence-corrected chi connectivity index (χ0v) is 12.1. The fourth-order valence-corrected chi connectivity index (χ4v) is 5.32. The predicted octanol–water partition coefficient (Wildman–Crippen LogP) is 2.22. The monoisotopic (exact) mass is 244 g/mol. The van der Waals surface area contributed by atoms with Crippen LogP contribution in [0.1, 0.15) is 39.0 Å². The molecule has 2 unspecified atom stereocenters. The van der Waals surface area contributed by atoms with E-state index in [1.165, 1.54) is 12.5 Å². The summed E-state index contributed by atoms with van der Waals surface area (Å²) in [6, 6.07) is 1.45. The van der Waals surface area contributed by atoms with E-state index in [-0.39, 0.29) is 11.6 Å². The molecule has 1 heterocycles. The number of rotatable bonds is 5. The van der Waals surface area contributed by atoms with Crippen LogP contribution in [-0.4, -0.2) is 26.5 Å². The van der Waals surface area contributed by atoms with Crippen LogP contribution in [0.5, 0.6) is 0 Å². The summed E-state index contributed by atoms with van der Waals surface area (Å²) in [7, 11) is -1.44. The Morgan fingerprint density at radius 2 is 2.06 bits per heavy atom. The summed E-state index contributed by atoms with van der Waals surface area (Å²) in [6.07, 6.45) is 5.63. The van der Waals surface area contributed by atoms with Crippen LogP contribution < -0.4 is 11.5 Å². The van der Waals surface area contributed by atoms with Crippen molar-refractivity contribution in [3.8, 4) is 0 Å². The molecule has 0 saturated carbocycles. The minimum atomic E-state index is -1.44. The lowest BCUT2D eigenvalue weighted by molar-refractivity contribution is 0.0240. The van der Waals surface area contributed by atoms with Gasteiger partial charge in [-0.05, 0) is 51.9 Å². The highest BCUT2D eigenvalue weighted by Gasteiger charge is 2.42. The molecule has 2 atom stereocenters. The largest absolute Gasteiger partial charge is 0.411 e. The minimum Gasteiger partial charge on any atom is -0.411 e. The molecule has 1 rings (SSSR count). The van der Waals surface area contributed by atoms with Gasteiger partial charge in [-0.2, -0.15) is 0 Å². The summed E-state index contributed by atoms with van der Waals surface area (Å²) in [5, 5.41) is 0. The highest BCUT2D eigenvalue weighted by atomic mass is 28.4.